The minimum absolute atomic E-state index is 0.147. The molecule has 0 spiro atoms. The highest BCUT2D eigenvalue weighted by molar-refractivity contribution is 5.91. The molecule has 7 heteroatoms. The van der Waals surface area contributed by atoms with Crippen molar-refractivity contribution in [3.8, 4) is 17.3 Å². The van der Waals surface area contributed by atoms with Crippen LogP contribution in [-0.4, -0.2) is 35.2 Å². The number of para-hydroxylation sites is 1. The average molecular weight is 473 g/mol. The molecule has 3 aromatic rings. The number of nitrogens with zero attached hydrogens (tertiary/aromatic N) is 1. The zero-order valence-corrected chi connectivity index (χ0v) is 20.1. The van der Waals surface area contributed by atoms with Crippen molar-refractivity contribution in [2.24, 2.45) is 0 Å². The van der Waals surface area contributed by atoms with Crippen molar-refractivity contribution in [2.45, 2.75) is 57.9 Å². The number of nitrogens with one attached hydrogen (secondary N) is 3. The van der Waals surface area contributed by atoms with Crippen molar-refractivity contribution < 1.29 is 14.4 Å². The lowest BCUT2D eigenvalue weighted by molar-refractivity contribution is -0.128. The third-order valence-electron chi connectivity index (χ3n) is 5.96. The van der Waals surface area contributed by atoms with Crippen molar-refractivity contribution in [1.29, 1.82) is 5.26 Å². The smallest absolute Gasteiger partial charge is 0.242 e. The van der Waals surface area contributed by atoms with Crippen LogP contribution < -0.4 is 10.6 Å². The number of hydrogen-bond acceptors (Lipinski definition) is 4. The fourth-order valence-electron chi connectivity index (χ4n) is 4.23. The molecule has 0 fully saturated rings. The van der Waals surface area contributed by atoms with Gasteiger partial charge in [-0.25, -0.2) is 0 Å². The quantitative estimate of drug-likeness (QED) is 0.319. The van der Waals surface area contributed by atoms with Gasteiger partial charge >= 0.3 is 0 Å². The zero-order valence-electron chi connectivity index (χ0n) is 20.1. The fourth-order valence-corrected chi connectivity index (χ4v) is 4.23. The molecule has 1 aromatic heterocycles. The summed E-state index contributed by atoms with van der Waals surface area (Å²) in [5, 5.41) is 15.6. The Hall–Kier alpha value is -3.92. The van der Waals surface area contributed by atoms with Crippen LogP contribution in [0.1, 0.15) is 51.0 Å². The van der Waals surface area contributed by atoms with Gasteiger partial charge in [-0.3, -0.25) is 9.59 Å². The number of amides is 2. The highest BCUT2D eigenvalue weighted by Crippen LogP contribution is 2.30. The van der Waals surface area contributed by atoms with Gasteiger partial charge in [-0.05, 0) is 43.4 Å². The van der Waals surface area contributed by atoms with E-state index in [4.69, 9.17) is 5.26 Å². The van der Waals surface area contributed by atoms with Crippen LogP contribution in [0.5, 0.6) is 0 Å². The van der Waals surface area contributed by atoms with Crippen LogP contribution >= 0.6 is 0 Å². The molecule has 1 atom stereocenters. The molecule has 3 rings (SSSR count). The first kappa shape index (κ1) is 25.7. The van der Waals surface area contributed by atoms with Gasteiger partial charge in [0.05, 0.1) is 6.07 Å². The molecule has 1 unspecified atom stereocenters. The van der Waals surface area contributed by atoms with Crippen LogP contribution in [0.25, 0.3) is 22.2 Å². The molecule has 0 radical (unpaired) electrons. The SMILES string of the molecule is CC(=O)CCCCCC(NC(=O)CC#N)C(=O)NCCc1c(-c2ccccc2)[nH]c2ccccc12. The van der Waals surface area contributed by atoms with Crippen molar-refractivity contribution in [1.82, 2.24) is 15.6 Å². The summed E-state index contributed by atoms with van der Waals surface area (Å²) in [5.41, 5.74) is 4.28. The maximum absolute atomic E-state index is 12.9. The van der Waals surface area contributed by atoms with Crippen molar-refractivity contribution in [3.05, 3.63) is 60.2 Å². The van der Waals surface area contributed by atoms with E-state index in [0.717, 1.165) is 40.6 Å². The van der Waals surface area contributed by atoms with Gasteiger partial charge in [0, 0.05) is 29.6 Å². The maximum Gasteiger partial charge on any atom is 0.242 e. The number of carbonyl (C=O) groups excluding carboxylic acids is 3. The Morgan fingerprint density at radius 2 is 1.74 bits per heavy atom. The second kappa shape index (κ2) is 13.1. The summed E-state index contributed by atoms with van der Waals surface area (Å²) in [6.45, 7) is 1.98. The number of aromatic amines is 1. The second-order valence-corrected chi connectivity index (χ2v) is 8.69. The Balaban J connectivity index is 1.65. The number of Topliss-reactive ketones (excluding diaryl/α,β-unsaturated/α-hetero) is 1. The molecule has 0 saturated heterocycles. The number of carbonyl (C=O) groups is 3. The number of benzene rings is 2. The van der Waals surface area contributed by atoms with Gasteiger partial charge in [0.15, 0.2) is 0 Å². The molecule has 0 bridgehead atoms. The maximum atomic E-state index is 12.9. The third-order valence-corrected chi connectivity index (χ3v) is 5.96. The molecule has 1 heterocycles. The molecule has 0 aliphatic rings. The Morgan fingerprint density at radius 1 is 1.00 bits per heavy atom. The molecule has 3 N–H and O–H groups in total. The molecule has 182 valence electrons. The molecule has 2 amide bonds. The molecule has 2 aromatic carbocycles. The second-order valence-electron chi connectivity index (χ2n) is 8.69. The molecule has 0 saturated carbocycles. The molecule has 0 aliphatic carbocycles. The number of hydrogen-bond donors (Lipinski definition) is 3. The third kappa shape index (κ3) is 7.54. The minimum atomic E-state index is -0.704. The van der Waals surface area contributed by atoms with Crippen LogP contribution in [0.2, 0.25) is 0 Å². The van der Waals surface area contributed by atoms with Crippen LogP contribution in [0, 0.1) is 11.3 Å². The number of unbranched alkanes of at least 4 members (excludes halogenated alkanes) is 2. The Kier molecular flexibility index (Phi) is 9.61. The van der Waals surface area contributed by atoms with Crippen molar-refractivity contribution >= 4 is 28.5 Å². The standard InChI is InChI=1S/C28H32N4O3/c1-20(33)10-4-2-7-15-25(31-26(34)16-18-29)28(35)30-19-17-23-22-13-8-9-14-24(22)32-27(23)21-11-5-3-6-12-21/h3,5-6,8-9,11-14,25,32H,2,4,7,10,15-17,19H2,1H3,(H,30,35)(H,31,34). The van der Waals surface area contributed by atoms with Gasteiger partial charge < -0.3 is 20.4 Å². The summed E-state index contributed by atoms with van der Waals surface area (Å²) >= 11 is 0. The predicted molar refractivity (Wildman–Crippen MR) is 136 cm³/mol. The van der Waals surface area contributed by atoms with Gasteiger partial charge in [0.2, 0.25) is 11.8 Å². The minimum Gasteiger partial charge on any atom is -0.354 e. The summed E-state index contributed by atoms with van der Waals surface area (Å²) in [4.78, 5) is 39.5. The van der Waals surface area contributed by atoms with Crippen LogP contribution in [0.4, 0.5) is 0 Å². The normalized spacial score (nSPS) is 11.5. The first-order valence-corrected chi connectivity index (χ1v) is 12.1. The largest absolute Gasteiger partial charge is 0.354 e. The topological polar surface area (TPSA) is 115 Å². The first-order valence-electron chi connectivity index (χ1n) is 12.1. The van der Waals surface area contributed by atoms with E-state index in [1.807, 2.05) is 42.5 Å². The summed E-state index contributed by atoms with van der Waals surface area (Å²) in [7, 11) is 0. The highest BCUT2D eigenvalue weighted by Gasteiger charge is 2.21. The summed E-state index contributed by atoms with van der Waals surface area (Å²) < 4.78 is 0. The van der Waals surface area contributed by atoms with Crippen LogP contribution in [0.15, 0.2) is 54.6 Å². The van der Waals surface area contributed by atoms with E-state index in [-0.39, 0.29) is 18.1 Å². The Labute approximate surface area is 205 Å². The van der Waals surface area contributed by atoms with E-state index in [9.17, 15) is 14.4 Å². The molecule has 7 nitrogen and oxygen atoms in total. The van der Waals surface area contributed by atoms with Crippen molar-refractivity contribution in [3.63, 3.8) is 0 Å². The highest BCUT2D eigenvalue weighted by atomic mass is 16.2. The fraction of sp³-hybridized carbons (Fsp3) is 0.357. The number of nitriles is 1. The van der Waals surface area contributed by atoms with Gasteiger partial charge in [0.25, 0.3) is 0 Å². The van der Waals surface area contributed by atoms with E-state index in [0.29, 0.717) is 32.2 Å². The average Bonchev–Trinajstić information content (AvgIpc) is 3.22. The summed E-state index contributed by atoms with van der Waals surface area (Å²) in [5.74, 6) is -0.572. The summed E-state index contributed by atoms with van der Waals surface area (Å²) in [6, 6.07) is 19.3. The summed E-state index contributed by atoms with van der Waals surface area (Å²) in [6.07, 6.45) is 3.58. The molecule has 35 heavy (non-hydrogen) atoms. The van der Waals surface area contributed by atoms with Gasteiger partial charge in [-0.1, -0.05) is 61.4 Å². The number of aromatic nitrogens is 1. The zero-order chi connectivity index (χ0) is 25.0. The predicted octanol–water partition coefficient (Wildman–Crippen LogP) is 4.43. The van der Waals surface area contributed by atoms with Gasteiger partial charge in [-0.15, -0.1) is 0 Å². The number of H-pyrrole nitrogens is 1. The lowest BCUT2D eigenvalue weighted by Crippen LogP contribution is -2.47. The Bertz CT molecular complexity index is 1190. The lowest BCUT2D eigenvalue weighted by atomic mass is 10.0. The van der Waals surface area contributed by atoms with E-state index in [1.165, 1.54) is 0 Å². The first-order chi connectivity index (χ1) is 17.0. The van der Waals surface area contributed by atoms with Gasteiger partial charge in [0.1, 0.15) is 18.2 Å². The van der Waals surface area contributed by atoms with Gasteiger partial charge in [-0.2, -0.15) is 5.26 Å². The number of rotatable bonds is 13. The van der Waals surface area contributed by atoms with Crippen LogP contribution in [-0.2, 0) is 20.8 Å². The van der Waals surface area contributed by atoms with E-state index >= 15 is 0 Å². The van der Waals surface area contributed by atoms with E-state index in [2.05, 4.69) is 33.8 Å². The van der Waals surface area contributed by atoms with E-state index < -0.39 is 11.9 Å². The molecular weight excluding hydrogens is 440 g/mol. The molecule has 0 aliphatic heterocycles. The number of ketones is 1. The number of fused-ring (bicyclic) bond motifs is 1. The Morgan fingerprint density at radius 3 is 2.49 bits per heavy atom. The van der Waals surface area contributed by atoms with E-state index in [1.54, 1.807) is 6.92 Å². The van der Waals surface area contributed by atoms with Crippen LogP contribution in [0.3, 0.4) is 0 Å². The monoisotopic (exact) mass is 472 g/mol. The lowest BCUT2D eigenvalue weighted by Gasteiger charge is -2.18. The van der Waals surface area contributed by atoms with Crippen molar-refractivity contribution in [2.75, 3.05) is 6.54 Å². The molecular formula is C28H32N4O3.